The van der Waals surface area contributed by atoms with Crippen LogP contribution in [0.1, 0.15) is 25.7 Å². The molecule has 0 spiro atoms. The predicted molar refractivity (Wildman–Crippen MR) is 84.0 cm³/mol. The van der Waals surface area contributed by atoms with Crippen molar-refractivity contribution in [3.05, 3.63) is 24.3 Å². The fourth-order valence-electron chi connectivity index (χ4n) is 4.76. The Morgan fingerprint density at radius 2 is 1.12 bits per heavy atom. The van der Waals surface area contributed by atoms with Crippen molar-refractivity contribution in [3.8, 4) is 0 Å². The lowest BCUT2D eigenvalue weighted by atomic mass is 9.71. The third-order valence-electron chi connectivity index (χ3n) is 5.94. The van der Waals surface area contributed by atoms with Crippen LogP contribution in [-0.4, -0.2) is 23.6 Å². The maximum Gasteiger partial charge on any atom is 0.231 e. The number of carbonyl (C=O) groups excluding carboxylic acids is 4. The van der Waals surface area contributed by atoms with Crippen LogP contribution in [0.4, 0.5) is 0 Å². The molecule has 6 unspecified atom stereocenters. The molecule has 6 heteroatoms. The first-order valence-electron chi connectivity index (χ1n) is 8.59. The maximum absolute atomic E-state index is 12.1. The van der Waals surface area contributed by atoms with E-state index >= 15 is 0 Å². The van der Waals surface area contributed by atoms with Crippen LogP contribution in [0.5, 0.6) is 0 Å². The molecule has 2 heterocycles. The number of hydrogen-bond acceptors (Lipinski definition) is 4. The van der Waals surface area contributed by atoms with Crippen LogP contribution in [0.15, 0.2) is 24.3 Å². The van der Waals surface area contributed by atoms with Gasteiger partial charge in [0.2, 0.25) is 23.6 Å². The minimum Gasteiger partial charge on any atom is -0.296 e. The molecule has 6 nitrogen and oxygen atoms in total. The van der Waals surface area contributed by atoms with Gasteiger partial charge in [-0.15, -0.1) is 0 Å². The molecule has 0 bridgehead atoms. The Morgan fingerprint density at radius 3 is 1.54 bits per heavy atom. The van der Waals surface area contributed by atoms with E-state index in [1.807, 2.05) is 24.3 Å². The summed E-state index contributed by atoms with van der Waals surface area (Å²) >= 11 is 0. The number of carbonyl (C=O) groups is 4. The Kier molecular flexibility index (Phi) is 3.62. The standard InChI is InChI=1S/C18H20N2O4/c21-15-11-5-1-3-9(13(11)17(23)19-15)7-8-10-4-2-6-12-14(10)18(24)20-16(12)22/h1-4,9-14H,5-8H2,(H,19,21,23)(H,20,22,24). The van der Waals surface area contributed by atoms with Gasteiger partial charge in [0.1, 0.15) is 0 Å². The second-order valence-electron chi connectivity index (χ2n) is 7.20. The van der Waals surface area contributed by atoms with Crippen molar-refractivity contribution in [3.63, 3.8) is 0 Å². The second kappa shape index (κ2) is 5.69. The van der Waals surface area contributed by atoms with Gasteiger partial charge in [0.25, 0.3) is 0 Å². The minimum absolute atomic E-state index is 0.0177. The molecule has 4 amide bonds. The van der Waals surface area contributed by atoms with Gasteiger partial charge < -0.3 is 0 Å². The number of hydrogen-bond donors (Lipinski definition) is 2. The van der Waals surface area contributed by atoms with Gasteiger partial charge in [0.05, 0.1) is 23.7 Å². The molecule has 4 aliphatic rings. The molecule has 24 heavy (non-hydrogen) atoms. The number of amides is 4. The van der Waals surface area contributed by atoms with Crippen molar-refractivity contribution in [2.75, 3.05) is 0 Å². The summed E-state index contributed by atoms with van der Waals surface area (Å²) in [4.78, 5) is 47.8. The Balaban J connectivity index is 1.47. The van der Waals surface area contributed by atoms with Crippen molar-refractivity contribution >= 4 is 23.6 Å². The molecule has 0 aromatic rings. The number of nitrogens with one attached hydrogen (secondary N) is 2. The van der Waals surface area contributed by atoms with E-state index in [9.17, 15) is 19.2 Å². The molecule has 0 aromatic carbocycles. The molecule has 0 aromatic heterocycles. The summed E-state index contributed by atoms with van der Waals surface area (Å²) in [5, 5.41) is 4.87. The van der Waals surface area contributed by atoms with Gasteiger partial charge in [-0.1, -0.05) is 24.3 Å². The summed E-state index contributed by atoms with van der Waals surface area (Å²) in [6, 6.07) is 0. The van der Waals surface area contributed by atoms with Crippen molar-refractivity contribution in [1.82, 2.24) is 10.6 Å². The van der Waals surface area contributed by atoms with Gasteiger partial charge in [-0.25, -0.2) is 0 Å². The van der Waals surface area contributed by atoms with Crippen LogP contribution in [0.2, 0.25) is 0 Å². The average molecular weight is 328 g/mol. The highest BCUT2D eigenvalue weighted by atomic mass is 16.2. The Bertz CT molecular complexity index is 623. The zero-order chi connectivity index (χ0) is 16.8. The van der Waals surface area contributed by atoms with Gasteiger partial charge >= 0.3 is 0 Å². The molecule has 126 valence electrons. The van der Waals surface area contributed by atoms with Crippen LogP contribution >= 0.6 is 0 Å². The van der Waals surface area contributed by atoms with E-state index in [0.29, 0.717) is 12.8 Å². The second-order valence-corrected chi connectivity index (χ2v) is 7.20. The molecule has 2 saturated heterocycles. The van der Waals surface area contributed by atoms with E-state index in [1.165, 1.54) is 0 Å². The summed E-state index contributed by atoms with van der Waals surface area (Å²) in [5.74, 6) is -1.73. The number of fused-ring (bicyclic) bond motifs is 2. The zero-order valence-corrected chi connectivity index (χ0v) is 13.2. The third kappa shape index (κ3) is 2.32. The molecular formula is C18H20N2O4. The van der Waals surface area contributed by atoms with E-state index in [1.54, 1.807) is 0 Å². The summed E-state index contributed by atoms with van der Waals surface area (Å²) < 4.78 is 0. The number of allylic oxidation sites excluding steroid dienone is 4. The molecule has 2 N–H and O–H groups in total. The average Bonchev–Trinajstić information content (AvgIpc) is 3.03. The first kappa shape index (κ1) is 15.3. The van der Waals surface area contributed by atoms with E-state index in [0.717, 1.165) is 12.8 Å². The Labute approximate surface area is 139 Å². The van der Waals surface area contributed by atoms with Gasteiger partial charge in [-0.05, 0) is 37.5 Å². The molecule has 0 saturated carbocycles. The van der Waals surface area contributed by atoms with E-state index in [-0.39, 0.29) is 59.1 Å². The lowest BCUT2D eigenvalue weighted by Crippen LogP contribution is -2.31. The lowest BCUT2D eigenvalue weighted by molar-refractivity contribution is -0.128. The molecule has 2 fully saturated rings. The maximum atomic E-state index is 12.1. The van der Waals surface area contributed by atoms with Crippen molar-refractivity contribution < 1.29 is 19.2 Å². The molecule has 6 atom stereocenters. The normalized spacial score (nSPS) is 40.3. The van der Waals surface area contributed by atoms with Gasteiger partial charge in [0.15, 0.2) is 0 Å². The minimum atomic E-state index is -0.287. The Morgan fingerprint density at radius 1 is 0.708 bits per heavy atom. The van der Waals surface area contributed by atoms with Crippen LogP contribution < -0.4 is 10.6 Å². The molecule has 2 aliphatic carbocycles. The van der Waals surface area contributed by atoms with E-state index < -0.39 is 0 Å². The van der Waals surface area contributed by atoms with Gasteiger partial charge in [-0.3, -0.25) is 29.8 Å². The van der Waals surface area contributed by atoms with Gasteiger partial charge in [0, 0.05) is 0 Å². The summed E-state index contributed by atoms with van der Waals surface area (Å²) in [6.07, 6.45) is 10.7. The largest absolute Gasteiger partial charge is 0.296 e. The zero-order valence-electron chi connectivity index (χ0n) is 13.2. The fourth-order valence-corrected chi connectivity index (χ4v) is 4.76. The highest BCUT2D eigenvalue weighted by Gasteiger charge is 2.48. The molecule has 4 rings (SSSR count). The molecular weight excluding hydrogens is 308 g/mol. The van der Waals surface area contributed by atoms with Crippen molar-refractivity contribution in [2.45, 2.75) is 25.7 Å². The predicted octanol–water partition coefficient (Wildman–Crippen LogP) is 0.696. The number of rotatable bonds is 3. The summed E-state index contributed by atoms with van der Waals surface area (Å²) in [6.45, 7) is 0. The summed E-state index contributed by atoms with van der Waals surface area (Å²) in [5.41, 5.74) is 0. The monoisotopic (exact) mass is 328 g/mol. The molecule has 2 aliphatic heterocycles. The van der Waals surface area contributed by atoms with E-state index in [2.05, 4.69) is 10.6 Å². The highest BCUT2D eigenvalue weighted by molar-refractivity contribution is 6.06. The first-order chi connectivity index (χ1) is 11.6. The van der Waals surface area contributed by atoms with Crippen LogP contribution in [-0.2, 0) is 19.2 Å². The Hall–Kier alpha value is -2.24. The summed E-state index contributed by atoms with van der Waals surface area (Å²) in [7, 11) is 0. The highest BCUT2D eigenvalue weighted by Crippen LogP contribution is 2.41. The number of imide groups is 2. The quantitative estimate of drug-likeness (QED) is 0.589. The first-order valence-corrected chi connectivity index (χ1v) is 8.59. The third-order valence-corrected chi connectivity index (χ3v) is 5.94. The van der Waals surface area contributed by atoms with Crippen molar-refractivity contribution in [1.29, 1.82) is 0 Å². The van der Waals surface area contributed by atoms with Gasteiger partial charge in [-0.2, -0.15) is 0 Å². The van der Waals surface area contributed by atoms with Crippen LogP contribution in [0.3, 0.4) is 0 Å². The van der Waals surface area contributed by atoms with E-state index in [4.69, 9.17) is 0 Å². The van der Waals surface area contributed by atoms with Crippen LogP contribution in [0.25, 0.3) is 0 Å². The topological polar surface area (TPSA) is 92.3 Å². The van der Waals surface area contributed by atoms with Crippen LogP contribution in [0, 0.1) is 35.5 Å². The fraction of sp³-hybridized carbons (Fsp3) is 0.556. The smallest absolute Gasteiger partial charge is 0.231 e. The van der Waals surface area contributed by atoms with Crippen molar-refractivity contribution in [2.24, 2.45) is 35.5 Å². The SMILES string of the molecule is O=C1NC(=O)C2C(CCC3C=CCC4C(=O)NC(=O)C34)C=CCC12. The lowest BCUT2D eigenvalue weighted by Gasteiger charge is -2.30. The molecule has 0 radical (unpaired) electrons.